The number of rotatable bonds is 4. The number of piperidine rings is 1. The van der Waals surface area contributed by atoms with E-state index in [4.69, 9.17) is 25.8 Å². The van der Waals surface area contributed by atoms with Gasteiger partial charge < -0.3 is 23.7 Å². The molecule has 7 nitrogen and oxygen atoms in total. The first-order chi connectivity index (χ1) is 15.8. The van der Waals surface area contributed by atoms with Crippen LogP contribution in [0.25, 0.3) is 0 Å². The maximum Gasteiger partial charge on any atom is 0.358 e. The molecule has 0 aliphatic carbocycles. The number of hydrogen-bond donors (Lipinski definition) is 0. The monoisotopic (exact) mass is 473 g/mol. The molecule has 2 aromatic rings. The molecule has 0 saturated carbocycles. The number of hydrogen-bond acceptors (Lipinski definition) is 6. The molecular formula is C25H32ClN3O4. The Morgan fingerprint density at radius 3 is 2.82 bits per heavy atom. The third kappa shape index (κ3) is 4.38. The van der Waals surface area contributed by atoms with E-state index in [9.17, 15) is 4.79 Å². The van der Waals surface area contributed by atoms with Gasteiger partial charge in [-0.15, -0.1) is 0 Å². The van der Waals surface area contributed by atoms with Gasteiger partial charge in [-0.2, -0.15) is 0 Å². The molecule has 3 aliphatic heterocycles. The lowest BCUT2D eigenvalue weighted by Crippen LogP contribution is -2.54. The number of nitrogens with zero attached hydrogens (tertiary/aromatic N) is 3. The second-order valence-electron chi connectivity index (χ2n) is 10.3. The average Bonchev–Trinajstić information content (AvgIpc) is 3.28. The van der Waals surface area contributed by atoms with Crippen LogP contribution in [-0.2, 0) is 16.0 Å². The summed E-state index contributed by atoms with van der Waals surface area (Å²) < 4.78 is 19.7. The number of imidazole rings is 1. The molecule has 178 valence electrons. The molecule has 2 unspecified atom stereocenters. The lowest BCUT2D eigenvalue weighted by Gasteiger charge is -2.54. The quantitative estimate of drug-likeness (QED) is 0.615. The number of halogens is 1. The van der Waals surface area contributed by atoms with Gasteiger partial charge >= 0.3 is 5.97 Å². The van der Waals surface area contributed by atoms with Crippen molar-refractivity contribution in [3.8, 4) is 5.75 Å². The second-order valence-corrected chi connectivity index (χ2v) is 10.7. The number of methoxy groups -OCH3 is 1. The Hall–Kier alpha value is -2.09. The Morgan fingerprint density at radius 2 is 2.06 bits per heavy atom. The zero-order chi connectivity index (χ0) is 23.2. The minimum atomic E-state index is -0.399. The van der Waals surface area contributed by atoms with Crippen LogP contribution >= 0.6 is 11.6 Å². The van der Waals surface area contributed by atoms with E-state index in [0.29, 0.717) is 11.6 Å². The van der Waals surface area contributed by atoms with Crippen molar-refractivity contribution in [1.82, 2.24) is 14.5 Å². The predicted molar refractivity (Wildman–Crippen MR) is 125 cm³/mol. The van der Waals surface area contributed by atoms with Crippen LogP contribution < -0.4 is 4.74 Å². The molecule has 2 fully saturated rings. The third-order valence-corrected chi connectivity index (χ3v) is 7.99. The lowest BCUT2D eigenvalue weighted by atomic mass is 9.64. The molecule has 0 amide bonds. The molecular weight excluding hydrogens is 442 g/mol. The Balaban J connectivity index is 1.20. The van der Waals surface area contributed by atoms with E-state index < -0.39 is 5.97 Å². The van der Waals surface area contributed by atoms with Crippen molar-refractivity contribution in [2.45, 2.75) is 51.4 Å². The van der Waals surface area contributed by atoms with Crippen molar-refractivity contribution in [2.75, 3.05) is 33.4 Å². The highest BCUT2D eigenvalue weighted by Crippen LogP contribution is 2.55. The molecule has 0 radical (unpaired) electrons. The Labute approximate surface area is 200 Å². The minimum absolute atomic E-state index is 0.0383. The molecule has 3 aliphatic rings. The van der Waals surface area contributed by atoms with Crippen LogP contribution in [0, 0.1) is 11.3 Å². The summed E-state index contributed by atoms with van der Waals surface area (Å²) in [4.78, 5) is 18.2. The van der Waals surface area contributed by atoms with Gasteiger partial charge in [-0.25, -0.2) is 9.78 Å². The highest BCUT2D eigenvalue weighted by atomic mass is 35.5. The number of carbonyl (C=O) groups is 1. The predicted octanol–water partition coefficient (Wildman–Crippen LogP) is 4.35. The molecule has 1 aromatic carbocycles. The fraction of sp³-hybridized carbons (Fsp3) is 0.600. The number of aromatic nitrogens is 2. The number of ether oxygens (including phenoxy) is 3. The molecule has 2 atom stereocenters. The van der Waals surface area contributed by atoms with Gasteiger partial charge in [0.2, 0.25) is 0 Å². The first kappa shape index (κ1) is 22.7. The largest absolute Gasteiger partial charge is 0.487 e. The normalized spacial score (nSPS) is 25.7. The van der Waals surface area contributed by atoms with E-state index in [1.54, 1.807) is 12.5 Å². The SMILES string of the molecule is COC(=O)c1cn(CCN2CCC3(CC2)COC2c4cc(Cl)ccc4OC(C)(C)C2C3)cn1. The lowest BCUT2D eigenvalue weighted by molar-refractivity contribution is -0.174. The maximum absolute atomic E-state index is 11.6. The molecule has 2 saturated heterocycles. The van der Waals surface area contributed by atoms with Gasteiger partial charge in [0.05, 0.1) is 26.1 Å². The first-order valence-corrected chi connectivity index (χ1v) is 12.1. The van der Waals surface area contributed by atoms with Crippen molar-refractivity contribution in [3.05, 3.63) is 47.0 Å². The third-order valence-electron chi connectivity index (χ3n) is 7.75. The second kappa shape index (κ2) is 8.60. The van der Waals surface area contributed by atoms with Crippen LogP contribution in [0.15, 0.2) is 30.7 Å². The Bertz CT molecular complexity index is 1030. The summed E-state index contributed by atoms with van der Waals surface area (Å²) in [5.41, 5.74) is 1.35. The molecule has 8 heteroatoms. The van der Waals surface area contributed by atoms with Gasteiger partial charge in [-0.05, 0) is 69.8 Å². The number of esters is 1. The van der Waals surface area contributed by atoms with Gasteiger partial charge in [0.15, 0.2) is 5.69 Å². The van der Waals surface area contributed by atoms with Gasteiger partial charge in [-0.3, -0.25) is 0 Å². The van der Waals surface area contributed by atoms with Crippen molar-refractivity contribution < 1.29 is 19.0 Å². The highest BCUT2D eigenvalue weighted by Gasteiger charge is 2.52. The van der Waals surface area contributed by atoms with E-state index in [2.05, 4.69) is 23.7 Å². The van der Waals surface area contributed by atoms with Crippen molar-refractivity contribution >= 4 is 17.6 Å². The summed E-state index contributed by atoms with van der Waals surface area (Å²) in [6.45, 7) is 8.98. The van der Waals surface area contributed by atoms with Crippen LogP contribution in [0.5, 0.6) is 5.75 Å². The van der Waals surface area contributed by atoms with Crippen LogP contribution in [0.4, 0.5) is 0 Å². The average molecular weight is 474 g/mol. The fourth-order valence-electron chi connectivity index (χ4n) is 5.67. The summed E-state index contributed by atoms with van der Waals surface area (Å²) in [6, 6.07) is 5.86. The molecule has 0 N–H and O–H groups in total. The van der Waals surface area contributed by atoms with Crippen molar-refractivity contribution in [3.63, 3.8) is 0 Å². The van der Waals surface area contributed by atoms with Crippen LogP contribution in [0.2, 0.25) is 5.02 Å². The van der Waals surface area contributed by atoms with Gasteiger partial charge in [0.25, 0.3) is 0 Å². The van der Waals surface area contributed by atoms with E-state index in [1.807, 2.05) is 22.8 Å². The minimum Gasteiger partial charge on any atom is -0.487 e. The molecule has 4 heterocycles. The van der Waals surface area contributed by atoms with E-state index >= 15 is 0 Å². The van der Waals surface area contributed by atoms with Crippen LogP contribution in [0.1, 0.15) is 55.3 Å². The molecule has 5 rings (SSSR count). The standard InChI is InChI=1S/C25H32ClN3O4/c1-24(2)19-13-25(15-32-22(19)18-12-17(26)4-5-21(18)33-24)6-8-28(9-7-25)10-11-29-14-20(27-16-29)23(30)31-3/h4-5,12,14,16,19,22H,6-11,13,15H2,1-3H3. The van der Waals surface area contributed by atoms with Crippen LogP contribution in [-0.4, -0.2) is 59.4 Å². The molecule has 1 aromatic heterocycles. The first-order valence-electron chi connectivity index (χ1n) is 11.7. The molecule has 1 spiro atoms. The number of carbonyl (C=O) groups excluding carboxylic acids is 1. The van der Waals surface area contributed by atoms with E-state index in [-0.39, 0.29) is 17.1 Å². The van der Waals surface area contributed by atoms with Crippen molar-refractivity contribution in [2.24, 2.45) is 11.3 Å². The number of fused-ring (bicyclic) bond motifs is 3. The molecule has 0 bridgehead atoms. The fourth-order valence-corrected chi connectivity index (χ4v) is 5.85. The van der Waals surface area contributed by atoms with Crippen LogP contribution in [0.3, 0.4) is 0 Å². The summed E-state index contributed by atoms with van der Waals surface area (Å²) in [6.07, 6.45) is 6.83. The summed E-state index contributed by atoms with van der Waals surface area (Å²) in [5.74, 6) is 0.793. The Morgan fingerprint density at radius 1 is 1.27 bits per heavy atom. The van der Waals surface area contributed by atoms with E-state index in [1.165, 1.54) is 7.11 Å². The zero-order valence-electron chi connectivity index (χ0n) is 19.6. The summed E-state index contributed by atoms with van der Waals surface area (Å²) >= 11 is 6.29. The number of likely N-dealkylation sites (tertiary alicyclic amines) is 1. The molecule has 33 heavy (non-hydrogen) atoms. The van der Waals surface area contributed by atoms with E-state index in [0.717, 1.165) is 68.4 Å². The highest BCUT2D eigenvalue weighted by molar-refractivity contribution is 6.30. The zero-order valence-corrected chi connectivity index (χ0v) is 20.3. The summed E-state index contributed by atoms with van der Waals surface area (Å²) in [7, 11) is 1.37. The number of benzene rings is 1. The van der Waals surface area contributed by atoms with Gasteiger partial charge in [0.1, 0.15) is 11.4 Å². The van der Waals surface area contributed by atoms with Gasteiger partial charge in [-0.1, -0.05) is 11.6 Å². The van der Waals surface area contributed by atoms with Crippen molar-refractivity contribution in [1.29, 1.82) is 0 Å². The topological polar surface area (TPSA) is 65.8 Å². The summed E-state index contributed by atoms with van der Waals surface area (Å²) in [5, 5.41) is 0.726. The maximum atomic E-state index is 11.6. The Kier molecular flexibility index (Phi) is 5.91. The van der Waals surface area contributed by atoms with Gasteiger partial charge in [0, 0.05) is 35.8 Å². The smallest absolute Gasteiger partial charge is 0.358 e.